The van der Waals surface area contributed by atoms with E-state index in [1.807, 2.05) is 10.6 Å². The van der Waals surface area contributed by atoms with Crippen LogP contribution in [0.15, 0.2) is 36.3 Å². The van der Waals surface area contributed by atoms with Crippen LogP contribution in [0.25, 0.3) is 11.2 Å². The van der Waals surface area contributed by atoms with Gasteiger partial charge in [-0.05, 0) is 18.9 Å². The Morgan fingerprint density at radius 1 is 1.17 bits per heavy atom. The van der Waals surface area contributed by atoms with E-state index in [0.29, 0.717) is 17.0 Å². The smallest absolute Gasteiger partial charge is 0.187 e. The summed E-state index contributed by atoms with van der Waals surface area (Å²) in [5.41, 5.74) is 7.15. The molecule has 0 unspecified atom stereocenters. The molecule has 0 amide bonds. The van der Waals surface area contributed by atoms with E-state index in [2.05, 4.69) is 24.9 Å². The number of thioether (sulfide) groups is 1. The summed E-state index contributed by atoms with van der Waals surface area (Å²) in [6, 6.07) is 1.81. The average Bonchev–Trinajstić information content (AvgIpc) is 3.21. The summed E-state index contributed by atoms with van der Waals surface area (Å²) in [7, 11) is 0. The zero-order valence-corrected chi connectivity index (χ0v) is 13.1. The van der Waals surface area contributed by atoms with Crippen LogP contribution in [0.5, 0.6) is 0 Å². The molecule has 0 spiro atoms. The second-order valence-corrected chi connectivity index (χ2v) is 6.20. The van der Waals surface area contributed by atoms with Gasteiger partial charge < -0.3 is 10.5 Å². The van der Waals surface area contributed by atoms with Gasteiger partial charge in [-0.25, -0.2) is 24.9 Å². The molecule has 0 saturated carbocycles. The Hall–Kier alpha value is -2.26. The van der Waals surface area contributed by atoms with Crippen molar-refractivity contribution >= 4 is 28.7 Å². The number of ether oxygens (including phenoxy) is 1. The first-order valence-electron chi connectivity index (χ1n) is 7.29. The van der Waals surface area contributed by atoms with Crippen LogP contribution in [-0.4, -0.2) is 41.3 Å². The maximum Gasteiger partial charge on any atom is 0.187 e. The molecular weight excluding hydrogens is 314 g/mol. The van der Waals surface area contributed by atoms with Crippen molar-refractivity contribution in [2.45, 2.75) is 30.3 Å². The quantitative estimate of drug-likeness (QED) is 0.569. The van der Waals surface area contributed by atoms with Crippen molar-refractivity contribution in [2.75, 3.05) is 11.5 Å². The van der Waals surface area contributed by atoms with Crippen LogP contribution in [0.1, 0.15) is 19.1 Å². The zero-order chi connectivity index (χ0) is 15.6. The summed E-state index contributed by atoms with van der Waals surface area (Å²) in [4.78, 5) is 20.9. The van der Waals surface area contributed by atoms with Gasteiger partial charge in [0.15, 0.2) is 16.6 Å². The Morgan fingerprint density at radius 2 is 2.04 bits per heavy atom. The third-order valence-electron chi connectivity index (χ3n) is 3.72. The Morgan fingerprint density at radius 3 is 2.91 bits per heavy atom. The van der Waals surface area contributed by atoms with Crippen molar-refractivity contribution in [3.8, 4) is 0 Å². The molecule has 1 saturated heterocycles. The number of hydrogen-bond acceptors (Lipinski definition) is 8. The highest BCUT2D eigenvalue weighted by atomic mass is 32.2. The summed E-state index contributed by atoms with van der Waals surface area (Å²) >= 11 is 1.61. The molecule has 4 rings (SSSR count). The molecule has 4 heterocycles. The number of fused-ring (bicyclic) bond motifs is 1. The zero-order valence-electron chi connectivity index (χ0n) is 12.2. The van der Waals surface area contributed by atoms with E-state index < -0.39 is 0 Å². The molecule has 1 fully saturated rings. The lowest BCUT2D eigenvalue weighted by Crippen LogP contribution is -2.13. The van der Waals surface area contributed by atoms with E-state index in [4.69, 9.17) is 10.5 Å². The number of imidazole rings is 1. The second-order valence-electron chi connectivity index (χ2n) is 5.22. The summed E-state index contributed by atoms with van der Waals surface area (Å²) < 4.78 is 8.05. The molecule has 23 heavy (non-hydrogen) atoms. The van der Waals surface area contributed by atoms with Gasteiger partial charge in [-0.15, -0.1) is 0 Å². The Bertz CT molecular complexity index is 809. The van der Waals surface area contributed by atoms with Gasteiger partial charge in [0, 0.05) is 18.1 Å². The first kappa shape index (κ1) is 14.3. The maximum absolute atomic E-state index is 6.12. The standard InChI is InChI=1S/C14H15N7OS/c15-12-11-13(19-7-18-12)21(8-20-11)10-3-2-9(22-10)6-23-14-16-4-1-5-17-14/h1,4-5,7-10H,2-3,6H2,(H2,15,18,19)/t9-,10+/m0/s1. The average molecular weight is 329 g/mol. The molecule has 3 aromatic rings. The highest BCUT2D eigenvalue weighted by Crippen LogP contribution is 2.33. The summed E-state index contributed by atoms with van der Waals surface area (Å²) in [6.07, 6.45) is 8.63. The third-order valence-corrected chi connectivity index (χ3v) is 4.73. The van der Waals surface area contributed by atoms with Crippen LogP contribution >= 0.6 is 11.8 Å². The Balaban J connectivity index is 1.44. The lowest BCUT2D eigenvalue weighted by Gasteiger charge is -2.14. The molecule has 2 N–H and O–H groups in total. The van der Waals surface area contributed by atoms with Gasteiger partial charge in [-0.3, -0.25) is 4.57 Å². The van der Waals surface area contributed by atoms with Crippen molar-refractivity contribution in [2.24, 2.45) is 0 Å². The lowest BCUT2D eigenvalue weighted by atomic mass is 10.2. The Labute approximate surface area is 136 Å². The van der Waals surface area contributed by atoms with E-state index in [1.54, 1.807) is 30.5 Å². The van der Waals surface area contributed by atoms with Gasteiger partial charge in [0.2, 0.25) is 0 Å². The van der Waals surface area contributed by atoms with Crippen LogP contribution in [-0.2, 0) is 4.74 Å². The molecule has 118 valence electrons. The minimum absolute atomic E-state index is 0.0726. The number of nitrogens with two attached hydrogens (primary N) is 1. The minimum Gasteiger partial charge on any atom is -0.382 e. The number of nitrogen functional groups attached to an aromatic ring is 1. The maximum atomic E-state index is 6.12. The first-order valence-corrected chi connectivity index (χ1v) is 8.28. The normalized spacial score (nSPS) is 21.0. The largest absolute Gasteiger partial charge is 0.382 e. The SMILES string of the molecule is Nc1ncnc2c1ncn2[C@H]1CC[C@@H](CSc2ncccn2)O1. The van der Waals surface area contributed by atoms with Crippen LogP contribution in [0.3, 0.4) is 0 Å². The molecule has 9 heteroatoms. The van der Waals surface area contributed by atoms with Crippen LogP contribution < -0.4 is 5.73 Å². The molecule has 0 aliphatic carbocycles. The predicted molar refractivity (Wildman–Crippen MR) is 85.6 cm³/mol. The molecule has 3 aromatic heterocycles. The molecule has 1 aliphatic rings. The van der Waals surface area contributed by atoms with Gasteiger partial charge in [0.25, 0.3) is 0 Å². The number of aromatic nitrogens is 6. The Kier molecular flexibility index (Phi) is 3.80. The fourth-order valence-electron chi connectivity index (χ4n) is 2.62. The molecular formula is C14H15N7OS. The van der Waals surface area contributed by atoms with E-state index in [1.165, 1.54) is 6.33 Å². The highest BCUT2D eigenvalue weighted by molar-refractivity contribution is 7.99. The number of rotatable bonds is 4. The summed E-state index contributed by atoms with van der Waals surface area (Å²) in [5.74, 6) is 1.21. The number of nitrogens with zero attached hydrogens (tertiary/aromatic N) is 6. The van der Waals surface area contributed by atoms with E-state index >= 15 is 0 Å². The molecule has 0 aromatic carbocycles. The third kappa shape index (κ3) is 2.84. The fraction of sp³-hybridized carbons (Fsp3) is 0.357. The van der Waals surface area contributed by atoms with Gasteiger partial charge in [-0.1, -0.05) is 11.8 Å². The molecule has 8 nitrogen and oxygen atoms in total. The number of hydrogen-bond donors (Lipinski definition) is 1. The second kappa shape index (κ2) is 6.09. The summed E-state index contributed by atoms with van der Waals surface area (Å²) in [5, 5.41) is 0.771. The topological polar surface area (TPSA) is 105 Å². The van der Waals surface area contributed by atoms with Gasteiger partial charge in [0.05, 0.1) is 12.4 Å². The van der Waals surface area contributed by atoms with E-state index in [-0.39, 0.29) is 12.3 Å². The highest BCUT2D eigenvalue weighted by Gasteiger charge is 2.28. The lowest BCUT2D eigenvalue weighted by molar-refractivity contribution is 0.0153. The van der Waals surface area contributed by atoms with Gasteiger partial charge in [-0.2, -0.15) is 0 Å². The van der Waals surface area contributed by atoms with E-state index in [9.17, 15) is 0 Å². The van der Waals surface area contributed by atoms with Gasteiger partial charge in [0.1, 0.15) is 18.1 Å². The molecule has 2 atom stereocenters. The minimum atomic E-state index is -0.0726. The van der Waals surface area contributed by atoms with Gasteiger partial charge >= 0.3 is 0 Å². The van der Waals surface area contributed by atoms with Crippen molar-refractivity contribution in [1.29, 1.82) is 0 Å². The van der Waals surface area contributed by atoms with E-state index in [0.717, 1.165) is 23.8 Å². The predicted octanol–water partition coefficient (Wildman–Crippen LogP) is 1.67. The van der Waals surface area contributed by atoms with Crippen LogP contribution in [0.2, 0.25) is 0 Å². The van der Waals surface area contributed by atoms with Crippen molar-refractivity contribution in [3.63, 3.8) is 0 Å². The molecule has 1 aliphatic heterocycles. The monoisotopic (exact) mass is 329 g/mol. The first-order chi connectivity index (χ1) is 11.3. The molecule has 0 radical (unpaired) electrons. The molecule has 0 bridgehead atoms. The van der Waals surface area contributed by atoms with Crippen LogP contribution in [0.4, 0.5) is 5.82 Å². The van der Waals surface area contributed by atoms with Crippen molar-refractivity contribution in [1.82, 2.24) is 29.5 Å². The fourth-order valence-corrected chi connectivity index (χ4v) is 3.47. The van der Waals surface area contributed by atoms with Crippen molar-refractivity contribution in [3.05, 3.63) is 31.1 Å². The summed E-state index contributed by atoms with van der Waals surface area (Å²) in [6.45, 7) is 0. The van der Waals surface area contributed by atoms with Crippen LogP contribution in [0, 0.1) is 0 Å². The van der Waals surface area contributed by atoms with Crippen molar-refractivity contribution < 1.29 is 4.74 Å². The number of anilines is 1.